The van der Waals surface area contributed by atoms with Crippen LogP contribution in [0.3, 0.4) is 0 Å². The fourth-order valence-electron chi connectivity index (χ4n) is 1.66. The minimum atomic E-state index is 0.300. The Morgan fingerprint density at radius 1 is 1.45 bits per heavy atom. The Bertz CT molecular complexity index is 234. The van der Waals surface area contributed by atoms with E-state index in [0.717, 1.165) is 12.8 Å². The van der Waals surface area contributed by atoms with Crippen LogP contribution in [-0.4, -0.2) is 16.7 Å². The molecule has 1 aromatic heterocycles. The van der Waals surface area contributed by atoms with Gasteiger partial charge in [-0.05, 0) is 36.0 Å². The molecule has 1 aliphatic carbocycles. The first-order valence-electron chi connectivity index (χ1n) is 3.93. The van der Waals surface area contributed by atoms with Crippen LogP contribution in [0.4, 0.5) is 0 Å². The minimum Gasteiger partial charge on any atom is -0.396 e. The molecule has 0 amide bonds. The van der Waals surface area contributed by atoms with Gasteiger partial charge in [0.15, 0.2) is 0 Å². The molecule has 0 bridgehead atoms. The van der Waals surface area contributed by atoms with Crippen molar-refractivity contribution < 1.29 is 5.11 Å². The molecule has 1 unspecified atom stereocenters. The van der Waals surface area contributed by atoms with E-state index in [1.807, 2.05) is 18.5 Å². The van der Waals surface area contributed by atoms with Crippen molar-refractivity contribution in [2.45, 2.75) is 12.8 Å². The fourth-order valence-corrected chi connectivity index (χ4v) is 1.66. The zero-order valence-electron chi connectivity index (χ0n) is 6.33. The van der Waals surface area contributed by atoms with E-state index in [4.69, 9.17) is 5.11 Å². The van der Waals surface area contributed by atoms with Crippen molar-refractivity contribution >= 4 is 0 Å². The van der Waals surface area contributed by atoms with Crippen molar-refractivity contribution in [3.63, 3.8) is 0 Å². The first kappa shape index (κ1) is 6.80. The molecule has 1 aromatic rings. The van der Waals surface area contributed by atoms with Gasteiger partial charge in [-0.2, -0.15) is 0 Å². The number of pyridine rings is 1. The Kier molecular flexibility index (Phi) is 1.62. The van der Waals surface area contributed by atoms with Gasteiger partial charge in [0.1, 0.15) is 0 Å². The Labute approximate surface area is 65.9 Å². The third kappa shape index (κ3) is 1.14. The molecule has 1 N–H and O–H groups in total. The van der Waals surface area contributed by atoms with Crippen LogP contribution in [0.25, 0.3) is 0 Å². The maximum Gasteiger partial charge on any atom is 0.0465 e. The lowest BCUT2D eigenvalue weighted by atomic mass is 10.1. The number of fused-ring (bicyclic) bond motifs is 1. The molecule has 0 saturated carbocycles. The molecule has 0 aliphatic heterocycles. The molecular weight excluding hydrogens is 138 g/mol. The van der Waals surface area contributed by atoms with Crippen LogP contribution >= 0.6 is 0 Å². The number of aliphatic hydroxyl groups is 1. The second kappa shape index (κ2) is 2.62. The summed E-state index contributed by atoms with van der Waals surface area (Å²) >= 11 is 0. The second-order valence-corrected chi connectivity index (χ2v) is 3.10. The summed E-state index contributed by atoms with van der Waals surface area (Å²) < 4.78 is 0. The SMILES string of the molecule is OCC1Cc2ccncc2C1. The lowest BCUT2D eigenvalue weighted by Crippen LogP contribution is -2.04. The van der Waals surface area contributed by atoms with Crippen LogP contribution in [0.1, 0.15) is 11.1 Å². The van der Waals surface area contributed by atoms with Gasteiger partial charge in [-0.3, -0.25) is 4.98 Å². The Morgan fingerprint density at radius 2 is 2.27 bits per heavy atom. The van der Waals surface area contributed by atoms with Crippen LogP contribution in [0.5, 0.6) is 0 Å². The van der Waals surface area contributed by atoms with Crippen molar-refractivity contribution in [3.8, 4) is 0 Å². The number of hydrogen-bond donors (Lipinski definition) is 1. The van der Waals surface area contributed by atoms with Gasteiger partial charge < -0.3 is 5.11 Å². The Balaban J connectivity index is 2.27. The number of nitrogens with zero attached hydrogens (tertiary/aromatic N) is 1. The molecule has 1 heterocycles. The van der Waals surface area contributed by atoms with Crippen LogP contribution in [0, 0.1) is 5.92 Å². The maximum absolute atomic E-state index is 8.92. The standard InChI is InChI=1S/C9H11NO/c11-6-7-3-8-1-2-10-5-9(8)4-7/h1-2,5,7,11H,3-4,6H2. The maximum atomic E-state index is 8.92. The van der Waals surface area contributed by atoms with Gasteiger partial charge in [0, 0.05) is 19.0 Å². The first-order chi connectivity index (χ1) is 5.40. The van der Waals surface area contributed by atoms with Crippen molar-refractivity contribution in [1.29, 1.82) is 0 Å². The number of aliphatic hydroxyl groups excluding tert-OH is 1. The highest BCUT2D eigenvalue weighted by molar-refractivity contribution is 5.28. The Morgan fingerprint density at radius 3 is 3.00 bits per heavy atom. The predicted octanol–water partition coefficient (Wildman–Crippen LogP) is 0.789. The lowest BCUT2D eigenvalue weighted by Gasteiger charge is -2.00. The van der Waals surface area contributed by atoms with E-state index < -0.39 is 0 Å². The quantitative estimate of drug-likeness (QED) is 0.640. The molecule has 1 atom stereocenters. The molecule has 2 nitrogen and oxygen atoms in total. The van der Waals surface area contributed by atoms with Crippen molar-refractivity contribution in [3.05, 3.63) is 29.6 Å². The summed E-state index contributed by atoms with van der Waals surface area (Å²) in [6.07, 6.45) is 5.75. The summed E-state index contributed by atoms with van der Waals surface area (Å²) in [5, 5.41) is 8.92. The molecule has 0 aromatic carbocycles. The van der Waals surface area contributed by atoms with Gasteiger partial charge in [-0.25, -0.2) is 0 Å². The third-order valence-electron chi connectivity index (χ3n) is 2.28. The smallest absolute Gasteiger partial charge is 0.0465 e. The number of aromatic nitrogens is 1. The number of hydrogen-bond acceptors (Lipinski definition) is 2. The molecule has 1 aliphatic rings. The van der Waals surface area contributed by atoms with Crippen molar-refractivity contribution in [1.82, 2.24) is 4.98 Å². The van der Waals surface area contributed by atoms with Crippen LogP contribution in [-0.2, 0) is 12.8 Å². The average Bonchev–Trinajstić information content (AvgIpc) is 2.46. The van der Waals surface area contributed by atoms with Crippen LogP contribution < -0.4 is 0 Å². The van der Waals surface area contributed by atoms with Gasteiger partial charge in [0.25, 0.3) is 0 Å². The van der Waals surface area contributed by atoms with E-state index in [1.165, 1.54) is 11.1 Å². The third-order valence-corrected chi connectivity index (χ3v) is 2.28. The average molecular weight is 149 g/mol. The summed E-state index contributed by atoms with van der Waals surface area (Å²) in [6.45, 7) is 0.300. The number of rotatable bonds is 1. The highest BCUT2D eigenvalue weighted by Gasteiger charge is 2.19. The Hall–Kier alpha value is -0.890. The molecule has 0 radical (unpaired) electrons. The van der Waals surface area contributed by atoms with E-state index >= 15 is 0 Å². The fraction of sp³-hybridized carbons (Fsp3) is 0.444. The molecule has 11 heavy (non-hydrogen) atoms. The van der Waals surface area contributed by atoms with Gasteiger partial charge in [-0.15, -0.1) is 0 Å². The molecule has 2 heteroatoms. The van der Waals surface area contributed by atoms with Crippen molar-refractivity contribution in [2.75, 3.05) is 6.61 Å². The van der Waals surface area contributed by atoms with Gasteiger partial charge in [0.2, 0.25) is 0 Å². The monoisotopic (exact) mass is 149 g/mol. The minimum absolute atomic E-state index is 0.300. The summed E-state index contributed by atoms with van der Waals surface area (Å²) in [5.74, 6) is 0.439. The molecular formula is C9H11NO. The van der Waals surface area contributed by atoms with E-state index in [-0.39, 0.29) is 0 Å². The molecule has 0 fully saturated rings. The van der Waals surface area contributed by atoms with Crippen LogP contribution in [0.2, 0.25) is 0 Å². The topological polar surface area (TPSA) is 33.1 Å². The van der Waals surface area contributed by atoms with E-state index in [2.05, 4.69) is 4.98 Å². The lowest BCUT2D eigenvalue weighted by molar-refractivity contribution is 0.232. The summed E-state index contributed by atoms with van der Waals surface area (Å²) in [7, 11) is 0. The summed E-state index contributed by atoms with van der Waals surface area (Å²) in [6, 6.07) is 2.05. The zero-order chi connectivity index (χ0) is 7.68. The largest absolute Gasteiger partial charge is 0.396 e. The van der Waals surface area contributed by atoms with E-state index in [0.29, 0.717) is 12.5 Å². The molecule has 2 rings (SSSR count). The van der Waals surface area contributed by atoms with Gasteiger partial charge in [-0.1, -0.05) is 0 Å². The highest BCUT2D eigenvalue weighted by atomic mass is 16.3. The highest BCUT2D eigenvalue weighted by Crippen LogP contribution is 2.24. The van der Waals surface area contributed by atoms with E-state index in [1.54, 1.807) is 0 Å². The molecule has 58 valence electrons. The zero-order valence-corrected chi connectivity index (χ0v) is 6.33. The van der Waals surface area contributed by atoms with Crippen LogP contribution in [0.15, 0.2) is 18.5 Å². The first-order valence-corrected chi connectivity index (χ1v) is 3.93. The second-order valence-electron chi connectivity index (χ2n) is 3.10. The summed E-state index contributed by atoms with van der Waals surface area (Å²) in [5.41, 5.74) is 2.67. The predicted molar refractivity (Wildman–Crippen MR) is 42.2 cm³/mol. The van der Waals surface area contributed by atoms with Gasteiger partial charge in [0.05, 0.1) is 0 Å². The van der Waals surface area contributed by atoms with Gasteiger partial charge >= 0.3 is 0 Å². The summed E-state index contributed by atoms with van der Waals surface area (Å²) in [4.78, 5) is 4.04. The molecule has 0 saturated heterocycles. The van der Waals surface area contributed by atoms with Crippen molar-refractivity contribution in [2.24, 2.45) is 5.92 Å². The molecule has 0 spiro atoms. The van der Waals surface area contributed by atoms with E-state index in [9.17, 15) is 0 Å². The normalized spacial score (nSPS) is 21.7.